The second-order valence-corrected chi connectivity index (χ2v) is 5.82. The first-order valence-corrected chi connectivity index (χ1v) is 7.56. The predicted octanol–water partition coefficient (Wildman–Crippen LogP) is 2.39. The first kappa shape index (κ1) is 16.8. The van der Waals surface area contributed by atoms with Crippen LogP contribution in [0.25, 0.3) is 22.4 Å². The van der Waals surface area contributed by atoms with Crippen LogP contribution in [0.4, 0.5) is 13.2 Å². The van der Waals surface area contributed by atoms with Crippen LogP contribution < -0.4 is 5.56 Å². The Morgan fingerprint density at radius 2 is 2.04 bits per heavy atom. The van der Waals surface area contributed by atoms with Crippen LogP contribution in [-0.2, 0) is 6.18 Å². The van der Waals surface area contributed by atoms with E-state index in [0.29, 0.717) is 0 Å². The summed E-state index contributed by atoms with van der Waals surface area (Å²) < 4.78 is 43.1. The van der Waals surface area contributed by atoms with Crippen LogP contribution in [0.1, 0.15) is 21.7 Å². The Morgan fingerprint density at radius 1 is 1.30 bits per heavy atom. The van der Waals surface area contributed by atoms with Gasteiger partial charge in [0.2, 0.25) is 5.65 Å². The van der Waals surface area contributed by atoms with Crippen molar-refractivity contribution >= 4 is 22.6 Å². The van der Waals surface area contributed by atoms with E-state index in [1.54, 1.807) is 0 Å². The minimum absolute atomic E-state index is 0.0962. The fourth-order valence-corrected chi connectivity index (χ4v) is 3.03. The van der Waals surface area contributed by atoms with Gasteiger partial charge >= 0.3 is 12.1 Å². The molecule has 0 spiro atoms. The van der Waals surface area contributed by atoms with E-state index in [1.165, 1.54) is 40.7 Å². The highest BCUT2D eigenvalue weighted by Gasteiger charge is 2.35. The molecular weight excluding hydrogens is 367 g/mol. The molecule has 0 saturated heterocycles. The molecule has 2 N–H and O–H groups in total. The Balaban J connectivity index is 2.20. The van der Waals surface area contributed by atoms with Crippen molar-refractivity contribution in [1.82, 2.24) is 23.9 Å². The summed E-state index contributed by atoms with van der Waals surface area (Å²) in [4.78, 5) is 33.5. The molecule has 0 aliphatic heterocycles. The van der Waals surface area contributed by atoms with Crippen molar-refractivity contribution in [2.75, 3.05) is 0 Å². The summed E-state index contributed by atoms with van der Waals surface area (Å²) in [6.07, 6.45) is -0.793. The summed E-state index contributed by atoms with van der Waals surface area (Å²) >= 11 is 0. The standard InChI is InChI=1S/C16H10F3N5O3/c1-7-12(15(26)27)22-13-14(25)21-9-4-8(16(17,18)19)10(5-11(9)24(7)13)23-3-2-20-6-23/h2-6H,1H3,(H,21,25)(H,26,27). The van der Waals surface area contributed by atoms with E-state index in [-0.39, 0.29) is 33.8 Å². The molecule has 11 heteroatoms. The number of halogens is 3. The van der Waals surface area contributed by atoms with Crippen molar-refractivity contribution in [1.29, 1.82) is 0 Å². The van der Waals surface area contributed by atoms with Gasteiger partial charge in [-0.25, -0.2) is 14.8 Å². The Kier molecular flexibility index (Phi) is 3.38. The molecule has 4 aromatic rings. The molecule has 138 valence electrons. The molecule has 0 radical (unpaired) electrons. The summed E-state index contributed by atoms with van der Waals surface area (Å²) in [5, 5.41) is 9.24. The molecule has 3 heterocycles. The number of imidazole rings is 2. The first-order valence-electron chi connectivity index (χ1n) is 7.56. The molecule has 0 unspecified atom stereocenters. The number of carboxylic acid groups (broad SMARTS) is 1. The molecule has 8 nitrogen and oxygen atoms in total. The number of alkyl halides is 3. The van der Waals surface area contributed by atoms with E-state index < -0.39 is 23.3 Å². The van der Waals surface area contributed by atoms with E-state index in [4.69, 9.17) is 0 Å². The third-order valence-electron chi connectivity index (χ3n) is 4.20. The van der Waals surface area contributed by atoms with Crippen LogP contribution in [0.15, 0.2) is 35.6 Å². The molecule has 0 aliphatic carbocycles. The van der Waals surface area contributed by atoms with Crippen molar-refractivity contribution in [2.45, 2.75) is 13.1 Å². The second-order valence-electron chi connectivity index (χ2n) is 5.82. The maximum Gasteiger partial charge on any atom is 0.418 e. The van der Waals surface area contributed by atoms with Gasteiger partial charge in [-0.3, -0.25) is 9.20 Å². The molecule has 0 aliphatic rings. The van der Waals surface area contributed by atoms with Gasteiger partial charge in [0.25, 0.3) is 5.56 Å². The molecule has 1 aromatic carbocycles. The van der Waals surface area contributed by atoms with Gasteiger partial charge in [0.05, 0.1) is 34.3 Å². The summed E-state index contributed by atoms with van der Waals surface area (Å²) in [5.41, 5.74) is -2.33. The van der Waals surface area contributed by atoms with Crippen LogP contribution in [-0.4, -0.2) is 35.0 Å². The van der Waals surface area contributed by atoms with E-state index in [0.717, 1.165) is 6.07 Å². The highest BCUT2D eigenvalue weighted by Crippen LogP contribution is 2.36. The predicted molar refractivity (Wildman–Crippen MR) is 87.1 cm³/mol. The maximum absolute atomic E-state index is 13.5. The smallest absolute Gasteiger partial charge is 0.418 e. The zero-order valence-corrected chi connectivity index (χ0v) is 13.6. The second kappa shape index (κ2) is 5.43. The Labute approximate surface area is 147 Å². The quantitative estimate of drug-likeness (QED) is 0.558. The topological polar surface area (TPSA) is 105 Å². The van der Waals surface area contributed by atoms with Gasteiger partial charge in [0.15, 0.2) is 5.69 Å². The van der Waals surface area contributed by atoms with Crippen LogP contribution in [0.5, 0.6) is 0 Å². The summed E-state index contributed by atoms with van der Waals surface area (Å²) in [6.45, 7) is 1.43. The number of carbonyl (C=O) groups is 1. The maximum atomic E-state index is 13.5. The number of carboxylic acids is 1. The van der Waals surface area contributed by atoms with E-state index >= 15 is 0 Å². The number of hydrogen-bond donors (Lipinski definition) is 2. The molecular formula is C16H10F3N5O3. The van der Waals surface area contributed by atoms with Gasteiger partial charge in [-0.05, 0) is 19.1 Å². The van der Waals surface area contributed by atoms with Crippen LogP contribution >= 0.6 is 0 Å². The highest BCUT2D eigenvalue weighted by atomic mass is 19.4. The number of benzene rings is 1. The summed E-state index contributed by atoms with van der Waals surface area (Å²) in [7, 11) is 0. The minimum Gasteiger partial charge on any atom is -0.476 e. The number of aromatic carboxylic acids is 1. The SMILES string of the molecule is Cc1c(C(=O)O)nc2c(=O)[nH]c3cc(C(F)(F)F)c(-n4ccnc4)cc3n12. The normalized spacial score (nSPS) is 12.1. The Bertz CT molecular complexity index is 1270. The van der Waals surface area contributed by atoms with Crippen LogP contribution in [0.3, 0.4) is 0 Å². The average molecular weight is 377 g/mol. The summed E-state index contributed by atoms with van der Waals surface area (Å²) in [6, 6.07) is 2.02. The average Bonchev–Trinajstić information content (AvgIpc) is 3.21. The molecule has 0 saturated carbocycles. The molecule has 0 bridgehead atoms. The van der Waals surface area contributed by atoms with Gasteiger partial charge in [0.1, 0.15) is 0 Å². The zero-order valence-electron chi connectivity index (χ0n) is 13.6. The van der Waals surface area contributed by atoms with Crippen LogP contribution in [0, 0.1) is 6.92 Å². The number of fused-ring (bicyclic) bond motifs is 3. The first-order chi connectivity index (χ1) is 12.7. The molecule has 3 aromatic heterocycles. The number of hydrogen-bond acceptors (Lipinski definition) is 4. The number of aryl methyl sites for hydroxylation is 1. The lowest BCUT2D eigenvalue weighted by molar-refractivity contribution is -0.137. The van der Waals surface area contributed by atoms with Gasteiger partial charge in [-0.1, -0.05) is 0 Å². The van der Waals surface area contributed by atoms with Crippen molar-refractivity contribution in [3.05, 3.63) is 58.2 Å². The van der Waals surface area contributed by atoms with Crippen molar-refractivity contribution < 1.29 is 23.1 Å². The number of nitrogens with one attached hydrogen (secondary N) is 1. The number of aromatic amines is 1. The third kappa shape index (κ3) is 2.46. The Morgan fingerprint density at radius 3 is 2.63 bits per heavy atom. The van der Waals surface area contributed by atoms with E-state index in [9.17, 15) is 27.9 Å². The third-order valence-corrected chi connectivity index (χ3v) is 4.20. The molecule has 0 atom stereocenters. The van der Waals surface area contributed by atoms with E-state index in [1.807, 2.05) is 0 Å². The van der Waals surface area contributed by atoms with Gasteiger partial charge in [-0.2, -0.15) is 13.2 Å². The van der Waals surface area contributed by atoms with Crippen molar-refractivity contribution in [2.24, 2.45) is 0 Å². The van der Waals surface area contributed by atoms with E-state index in [2.05, 4.69) is 15.0 Å². The fourth-order valence-electron chi connectivity index (χ4n) is 3.03. The minimum atomic E-state index is -4.68. The fraction of sp³-hybridized carbons (Fsp3) is 0.125. The highest BCUT2D eigenvalue weighted by molar-refractivity contribution is 5.90. The number of H-pyrrole nitrogens is 1. The molecule has 4 rings (SSSR count). The van der Waals surface area contributed by atoms with Crippen molar-refractivity contribution in [3.63, 3.8) is 0 Å². The Hall–Kier alpha value is -3.63. The number of aromatic nitrogens is 5. The molecule has 27 heavy (non-hydrogen) atoms. The van der Waals surface area contributed by atoms with Gasteiger partial charge in [-0.15, -0.1) is 0 Å². The number of rotatable bonds is 2. The largest absolute Gasteiger partial charge is 0.476 e. The molecule has 0 fully saturated rings. The molecule has 0 amide bonds. The lowest BCUT2D eigenvalue weighted by atomic mass is 10.1. The van der Waals surface area contributed by atoms with Crippen molar-refractivity contribution in [3.8, 4) is 5.69 Å². The zero-order chi connectivity index (χ0) is 19.5. The lowest BCUT2D eigenvalue weighted by Gasteiger charge is -2.15. The van der Waals surface area contributed by atoms with Gasteiger partial charge in [0, 0.05) is 12.4 Å². The lowest BCUT2D eigenvalue weighted by Crippen LogP contribution is -2.15. The summed E-state index contributed by atoms with van der Waals surface area (Å²) in [5.74, 6) is -1.34. The number of nitrogens with zero attached hydrogens (tertiary/aromatic N) is 4. The van der Waals surface area contributed by atoms with Crippen LogP contribution in [0.2, 0.25) is 0 Å². The van der Waals surface area contributed by atoms with Gasteiger partial charge < -0.3 is 14.7 Å². The monoisotopic (exact) mass is 377 g/mol.